The van der Waals surface area contributed by atoms with Crippen LogP contribution in [0.25, 0.3) is 0 Å². The molecule has 1 aromatic heterocycles. The SMILES string of the molecule is CCc1cnc(CNC(=O)c2cc(N)ccc2Cl)o1. The molecule has 19 heavy (non-hydrogen) atoms. The van der Waals surface area contributed by atoms with Gasteiger partial charge < -0.3 is 15.5 Å². The number of nitrogen functional groups attached to an aromatic ring is 1. The number of halogens is 1. The average molecular weight is 280 g/mol. The Labute approximate surface area is 115 Å². The maximum atomic E-state index is 11.9. The summed E-state index contributed by atoms with van der Waals surface area (Å²) in [5, 5.41) is 3.04. The third-order valence-corrected chi connectivity index (χ3v) is 2.91. The van der Waals surface area contributed by atoms with Crippen LogP contribution in [-0.4, -0.2) is 10.9 Å². The van der Waals surface area contributed by atoms with E-state index in [0.29, 0.717) is 22.2 Å². The van der Waals surface area contributed by atoms with Crippen LogP contribution in [0.3, 0.4) is 0 Å². The van der Waals surface area contributed by atoms with E-state index in [9.17, 15) is 4.79 Å². The monoisotopic (exact) mass is 279 g/mol. The Morgan fingerprint density at radius 1 is 1.53 bits per heavy atom. The molecule has 0 fully saturated rings. The number of anilines is 1. The second kappa shape index (κ2) is 5.75. The quantitative estimate of drug-likeness (QED) is 0.842. The summed E-state index contributed by atoms with van der Waals surface area (Å²) in [6, 6.07) is 4.76. The number of nitrogens with zero attached hydrogens (tertiary/aromatic N) is 1. The van der Waals surface area contributed by atoms with Crippen molar-refractivity contribution in [2.75, 3.05) is 5.73 Å². The maximum absolute atomic E-state index is 11.9. The lowest BCUT2D eigenvalue weighted by Gasteiger charge is -2.05. The van der Waals surface area contributed by atoms with E-state index < -0.39 is 0 Å². The second-order valence-electron chi connectivity index (χ2n) is 4.00. The highest BCUT2D eigenvalue weighted by Gasteiger charge is 2.11. The van der Waals surface area contributed by atoms with Crippen molar-refractivity contribution in [2.45, 2.75) is 19.9 Å². The van der Waals surface area contributed by atoms with Gasteiger partial charge >= 0.3 is 0 Å². The standard InChI is InChI=1S/C13H14ClN3O2/c1-2-9-6-16-12(19-9)7-17-13(18)10-5-8(15)3-4-11(10)14/h3-6H,2,7,15H2,1H3,(H,17,18). The topological polar surface area (TPSA) is 81.2 Å². The zero-order chi connectivity index (χ0) is 13.8. The van der Waals surface area contributed by atoms with Crippen LogP contribution < -0.4 is 11.1 Å². The van der Waals surface area contributed by atoms with Crippen LogP contribution in [0.15, 0.2) is 28.8 Å². The van der Waals surface area contributed by atoms with E-state index in [1.165, 1.54) is 6.07 Å². The first-order valence-corrected chi connectivity index (χ1v) is 6.24. The summed E-state index contributed by atoms with van der Waals surface area (Å²) in [7, 11) is 0. The van der Waals surface area contributed by atoms with Crippen LogP contribution in [0.4, 0.5) is 5.69 Å². The first-order chi connectivity index (χ1) is 9.10. The summed E-state index contributed by atoms with van der Waals surface area (Å²) in [5.74, 6) is 0.935. The molecule has 100 valence electrons. The Morgan fingerprint density at radius 3 is 3.00 bits per heavy atom. The third kappa shape index (κ3) is 3.26. The van der Waals surface area contributed by atoms with Gasteiger partial charge in [-0.3, -0.25) is 4.79 Å². The number of rotatable bonds is 4. The lowest BCUT2D eigenvalue weighted by Crippen LogP contribution is -2.23. The number of nitrogens with two attached hydrogens (primary N) is 1. The fourth-order valence-corrected chi connectivity index (χ4v) is 1.76. The molecule has 0 saturated carbocycles. The fraction of sp³-hybridized carbons (Fsp3) is 0.231. The summed E-state index contributed by atoms with van der Waals surface area (Å²) in [6.07, 6.45) is 2.41. The molecule has 1 amide bonds. The number of aryl methyl sites for hydroxylation is 1. The molecule has 0 radical (unpaired) electrons. The molecule has 3 N–H and O–H groups in total. The minimum Gasteiger partial charge on any atom is -0.444 e. The van der Waals surface area contributed by atoms with Crippen molar-refractivity contribution < 1.29 is 9.21 Å². The van der Waals surface area contributed by atoms with Crippen molar-refractivity contribution in [1.29, 1.82) is 0 Å². The molecule has 1 aromatic carbocycles. The number of amides is 1. The van der Waals surface area contributed by atoms with Gasteiger partial charge in [0, 0.05) is 12.1 Å². The van der Waals surface area contributed by atoms with Gasteiger partial charge in [0.1, 0.15) is 5.76 Å². The first-order valence-electron chi connectivity index (χ1n) is 5.87. The molecule has 0 spiro atoms. The van der Waals surface area contributed by atoms with Crippen LogP contribution in [0.5, 0.6) is 0 Å². The predicted octanol–water partition coefficient (Wildman–Crippen LogP) is 2.40. The summed E-state index contributed by atoms with van der Waals surface area (Å²) in [5.41, 5.74) is 6.45. The number of nitrogens with one attached hydrogen (secondary N) is 1. The maximum Gasteiger partial charge on any atom is 0.253 e. The van der Waals surface area contributed by atoms with E-state index in [2.05, 4.69) is 10.3 Å². The number of hydrogen-bond acceptors (Lipinski definition) is 4. The van der Waals surface area contributed by atoms with E-state index in [-0.39, 0.29) is 12.5 Å². The Hall–Kier alpha value is -2.01. The molecule has 0 aliphatic heterocycles. The molecule has 6 heteroatoms. The van der Waals surface area contributed by atoms with Gasteiger partial charge in [-0.2, -0.15) is 0 Å². The van der Waals surface area contributed by atoms with Crippen LogP contribution in [-0.2, 0) is 13.0 Å². The van der Waals surface area contributed by atoms with Gasteiger partial charge in [-0.1, -0.05) is 18.5 Å². The average Bonchev–Trinajstić information content (AvgIpc) is 2.87. The van der Waals surface area contributed by atoms with E-state index in [1.807, 2.05) is 6.92 Å². The molecule has 2 rings (SSSR count). The van der Waals surface area contributed by atoms with E-state index >= 15 is 0 Å². The smallest absolute Gasteiger partial charge is 0.253 e. The Morgan fingerprint density at radius 2 is 2.32 bits per heavy atom. The highest BCUT2D eigenvalue weighted by atomic mass is 35.5. The van der Waals surface area contributed by atoms with Gasteiger partial charge in [-0.25, -0.2) is 4.98 Å². The highest BCUT2D eigenvalue weighted by molar-refractivity contribution is 6.34. The highest BCUT2D eigenvalue weighted by Crippen LogP contribution is 2.18. The molecule has 0 saturated heterocycles. The largest absolute Gasteiger partial charge is 0.444 e. The normalized spacial score (nSPS) is 10.4. The number of benzene rings is 1. The third-order valence-electron chi connectivity index (χ3n) is 2.59. The van der Waals surface area contributed by atoms with Gasteiger partial charge in [0.2, 0.25) is 5.89 Å². The van der Waals surface area contributed by atoms with Crippen molar-refractivity contribution in [2.24, 2.45) is 0 Å². The molecule has 0 unspecified atom stereocenters. The molecule has 1 heterocycles. The van der Waals surface area contributed by atoms with Crippen molar-refractivity contribution in [3.8, 4) is 0 Å². The van der Waals surface area contributed by atoms with Gasteiger partial charge in [0.25, 0.3) is 5.91 Å². The van der Waals surface area contributed by atoms with Crippen molar-refractivity contribution in [3.05, 3.63) is 46.6 Å². The molecule has 2 aromatic rings. The molecule has 0 bridgehead atoms. The minimum absolute atomic E-state index is 0.212. The lowest BCUT2D eigenvalue weighted by molar-refractivity contribution is 0.0947. The van der Waals surface area contributed by atoms with Gasteiger partial charge in [-0.05, 0) is 18.2 Å². The van der Waals surface area contributed by atoms with Crippen LogP contribution in [0.1, 0.15) is 28.9 Å². The molecule has 0 aliphatic carbocycles. The first kappa shape index (κ1) is 13.4. The van der Waals surface area contributed by atoms with Crippen molar-refractivity contribution in [3.63, 3.8) is 0 Å². The van der Waals surface area contributed by atoms with Crippen molar-refractivity contribution >= 4 is 23.2 Å². The van der Waals surface area contributed by atoms with Gasteiger partial charge in [-0.15, -0.1) is 0 Å². The molecule has 0 atom stereocenters. The van der Waals surface area contributed by atoms with E-state index in [1.54, 1.807) is 18.3 Å². The van der Waals surface area contributed by atoms with Crippen LogP contribution in [0.2, 0.25) is 5.02 Å². The number of hydrogen-bond donors (Lipinski definition) is 2. The Kier molecular flexibility index (Phi) is 4.06. The zero-order valence-corrected chi connectivity index (χ0v) is 11.2. The number of oxazole rings is 1. The number of aromatic nitrogens is 1. The fourth-order valence-electron chi connectivity index (χ4n) is 1.56. The Balaban J connectivity index is 2.03. The minimum atomic E-state index is -0.312. The van der Waals surface area contributed by atoms with Crippen molar-refractivity contribution in [1.82, 2.24) is 10.3 Å². The van der Waals surface area contributed by atoms with E-state index in [4.69, 9.17) is 21.8 Å². The Bertz CT molecular complexity index is 595. The lowest BCUT2D eigenvalue weighted by atomic mass is 10.2. The van der Waals surface area contributed by atoms with E-state index in [0.717, 1.165) is 12.2 Å². The second-order valence-corrected chi connectivity index (χ2v) is 4.40. The summed E-state index contributed by atoms with van der Waals surface area (Å²) >= 11 is 5.94. The van der Waals surface area contributed by atoms with Crippen LogP contribution in [0, 0.1) is 0 Å². The molecular formula is C13H14ClN3O2. The molecule has 5 nitrogen and oxygen atoms in total. The summed E-state index contributed by atoms with van der Waals surface area (Å²) in [6.45, 7) is 2.18. The zero-order valence-electron chi connectivity index (χ0n) is 10.4. The van der Waals surface area contributed by atoms with Gasteiger partial charge in [0.05, 0.1) is 23.3 Å². The molecule has 0 aliphatic rings. The molecular weight excluding hydrogens is 266 g/mol. The number of carbonyl (C=O) groups is 1. The summed E-state index contributed by atoms with van der Waals surface area (Å²) in [4.78, 5) is 16.0. The number of carbonyl (C=O) groups excluding carboxylic acids is 1. The van der Waals surface area contributed by atoms with Crippen LogP contribution >= 0.6 is 11.6 Å². The summed E-state index contributed by atoms with van der Waals surface area (Å²) < 4.78 is 5.39. The predicted molar refractivity (Wildman–Crippen MR) is 72.9 cm³/mol. The van der Waals surface area contributed by atoms with Gasteiger partial charge in [0.15, 0.2) is 0 Å².